The van der Waals surface area contributed by atoms with E-state index in [0.29, 0.717) is 6.04 Å². The Kier molecular flexibility index (Phi) is 5.48. The van der Waals surface area contributed by atoms with E-state index in [1.807, 2.05) is 25.1 Å². The largest absolute Gasteiger partial charge is 0.393 e. The fourth-order valence-corrected chi connectivity index (χ4v) is 3.95. The van der Waals surface area contributed by atoms with Crippen LogP contribution in [0.2, 0.25) is 5.02 Å². The minimum absolute atomic E-state index is 0.177. The number of hydrogen-bond donors (Lipinski definition) is 3. The topological polar surface area (TPSA) is 84.1 Å². The fourth-order valence-electron chi connectivity index (χ4n) is 2.82. The second kappa shape index (κ2) is 7.59. The summed E-state index contributed by atoms with van der Waals surface area (Å²) in [5.41, 5.74) is 6.88. The molecule has 1 aliphatic carbocycles. The molecule has 1 heterocycles. The highest BCUT2D eigenvalue weighted by atomic mass is 35.5. The Morgan fingerprint density at radius 3 is 2.71 bits per heavy atom. The zero-order valence-electron chi connectivity index (χ0n) is 13.5. The number of aliphatic hydroxyl groups is 1. The Labute approximate surface area is 151 Å². The molecule has 0 bridgehead atoms. The summed E-state index contributed by atoms with van der Waals surface area (Å²) in [5.74, 6) is 1.01. The van der Waals surface area contributed by atoms with E-state index in [-0.39, 0.29) is 12.1 Å². The third kappa shape index (κ3) is 4.32. The van der Waals surface area contributed by atoms with Gasteiger partial charge in [0.1, 0.15) is 5.82 Å². The molecule has 1 aromatic heterocycles. The van der Waals surface area contributed by atoms with Gasteiger partial charge >= 0.3 is 0 Å². The van der Waals surface area contributed by atoms with Gasteiger partial charge in [-0.3, -0.25) is 0 Å². The number of aryl methyl sites for hydroxylation is 1. The summed E-state index contributed by atoms with van der Waals surface area (Å²) in [6.45, 7) is 2.03. The highest BCUT2D eigenvalue weighted by Crippen LogP contribution is 2.36. The van der Waals surface area contributed by atoms with Crippen molar-refractivity contribution in [1.29, 1.82) is 0 Å². The van der Waals surface area contributed by atoms with Gasteiger partial charge in [0.2, 0.25) is 5.95 Å². The summed E-state index contributed by atoms with van der Waals surface area (Å²) in [6.07, 6.45) is 5.06. The lowest BCUT2D eigenvalue weighted by atomic mass is 9.93. The van der Waals surface area contributed by atoms with Gasteiger partial charge in [-0.1, -0.05) is 23.4 Å². The third-order valence-corrected chi connectivity index (χ3v) is 5.60. The summed E-state index contributed by atoms with van der Waals surface area (Å²) in [7, 11) is 0. The van der Waals surface area contributed by atoms with E-state index >= 15 is 0 Å². The van der Waals surface area contributed by atoms with Gasteiger partial charge in [-0.15, -0.1) is 0 Å². The van der Waals surface area contributed by atoms with Crippen LogP contribution in [0.5, 0.6) is 0 Å². The second-order valence-corrected chi connectivity index (χ2v) is 7.62. The van der Waals surface area contributed by atoms with Gasteiger partial charge in [0, 0.05) is 22.2 Å². The van der Waals surface area contributed by atoms with Crippen LogP contribution in [-0.4, -0.2) is 27.2 Å². The molecule has 0 unspecified atom stereocenters. The number of hydrogen-bond acceptors (Lipinski definition) is 6. The summed E-state index contributed by atoms with van der Waals surface area (Å²) < 4.78 is 0. The highest BCUT2D eigenvalue weighted by Gasteiger charge is 2.21. The molecule has 24 heavy (non-hydrogen) atoms. The lowest BCUT2D eigenvalue weighted by Gasteiger charge is -2.27. The highest BCUT2D eigenvalue weighted by molar-refractivity contribution is 7.99. The number of aliphatic hydroxyl groups excluding tert-OH is 1. The first-order valence-corrected chi connectivity index (χ1v) is 9.22. The Balaban J connectivity index is 1.80. The molecule has 0 atom stereocenters. The number of halogens is 1. The maximum Gasteiger partial charge on any atom is 0.221 e. The molecular formula is C17H21ClN4OS. The van der Waals surface area contributed by atoms with E-state index in [9.17, 15) is 5.11 Å². The minimum atomic E-state index is -0.177. The minimum Gasteiger partial charge on any atom is -0.393 e. The van der Waals surface area contributed by atoms with Gasteiger partial charge in [-0.05, 0) is 56.4 Å². The second-order valence-electron chi connectivity index (χ2n) is 6.10. The van der Waals surface area contributed by atoms with Crippen LogP contribution in [0.3, 0.4) is 0 Å². The van der Waals surface area contributed by atoms with E-state index < -0.39 is 0 Å². The normalized spacial score (nSPS) is 20.8. The first-order chi connectivity index (χ1) is 11.5. The number of nitrogens with zero attached hydrogens (tertiary/aromatic N) is 2. The van der Waals surface area contributed by atoms with Gasteiger partial charge in [-0.2, -0.15) is 4.98 Å². The molecule has 5 nitrogen and oxygen atoms in total. The zero-order chi connectivity index (χ0) is 17.1. The molecule has 0 aliphatic heterocycles. The Morgan fingerprint density at radius 1 is 1.25 bits per heavy atom. The smallest absolute Gasteiger partial charge is 0.221 e. The Hall–Kier alpha value is -1.50. The molecule has 1 aromatic carbocycles. The maximum atomic E-state index is 9.65. The molecular weight excluding hydrogens is 344 g/mol. The van der Waals surface area contributed by atoms with Crippen molar-refractivity contribution in [3.63, 3.8) is 0 Å². The van der Waals surface area contributed by atoms with Crippen molar-refractivity contribution in [3.05, 3.63) is 35.0 Å². The Morgan fingerprint density at radius 2 is 2.00 bits per heavy atom. The molecule has 0 spiro atoms. The predicted molar refractivity (Wildman–Crippen MR) is 98.6 cm³/mol. The van der Waals surface area contributed by atoms with Gasteiger partial charge in [0.25, 0.3) is 0 Å². The lowest BCUT2D eigenvalue weighted by Crippen LogP contribution is -2.28. The molecule has 1 aliphatic rings. The van der Waals surface area contributed by atoms with E-state index in [1.54, 1.807) is 18.0 Å². The van der Waals surface area contributed by atoms with Crippen molar-refractivity contribution in [2.24, 2.45) is 0 Å². The van der Waals surface area contributed by atoms with E-state index in [4.69, 9.17) is 17.3 Å². The molecule has 0 radical (unpaired) electrons. The van der Waals surface area contributed by atoms with Crippen molar-refractivity contribution in [2.75, 3.05) is 11.1 Å². The molecule has 1 fully saturated rings. The monoisotopic (exact) mass is 364 g/mol. The van der Waals surface area contributed by atoms with Gasteiger partial charge in [0.05, 0.1) is 11.0 Å². The standard InChI is InChI=1S/C17H21ClN4OS/c1-10-8-11(18)2-7-14(10)24-15-9-20-17(19)22-16(15)21-12-3-5-13(23)6-4-12/h2,7-9,12-13,23H,3-6H2,1H3,(H3,19,20,21,22). The van der Waals surface area contributed by atoms with E-state index in [2.05, 4.69) is 15.3 Å². The number of nitrogens with two attached hydrogens (primary N) is 1. The van der Waals surface area contributed by atoms with Crippen LogP contribution in [-0.2, 0) is 0 Å². The summed E-state index contributed by atoms with van der Waals surface area (Å²) in [5, 5.41) is 13.9. The average Bonchev–Trinajstić information content (AvgIpc) is 2.54. The molecule has 0 saturated heterocycles. The number of aromatic nitrogens is 2. The van der Waals surface area contributed by atoms with E-state index in [0.717, 1.165) is 51.9 Å². The zero-order valence-corrected chi connectivity index (χ0v) is 15.1. The van der Waals surface area contributed by atoms with Crippen molar-refractivity contribution < 1.29 is 5.11 Å². The summed E-state index contributed by atoms with van der Waals surface area (Å²) >= 11 is 7.63. The SMILES string of the molecule is Cc1cc(Cl)ccc1Sc1cnc(N)nc1NC1CCC(O)CC1. The van der Waals surface area contributed by atoms with Crippen molar-refractivity contribution in [1.82, 2.24) is 9.97 Å². The number of nitrogen functional groups attached to an aromatic ring is 1. The molecule has 0 amide bonds. The summed E-state index contributed by atoms with van der Waals surface area (Å²) in [6, 6.07) is 6.12. The van der Waals surface area contributed by atoms with Crippen LogP contribution in [0, 0.1) is 6.92 Å². The quantitative estimate of drug-likeness (QED) is 0.763. The maximum absolute atomic E-state index is 9.65. The number of benzene rings is 1. The lowest BCUT2D eigenvalue weighted by molar-refractivity contribution is 0.126. The Bertz CT molecular complexity index is 720. The van der Waals surface area contributed by atoms with Crippen molar-refractivity contribution in [2.45, 2.75) is 54.5 Å². The number of nitrogens with one attached hydrogen (secondary N) is 1. The van der Waals surface area contributed by atoms with E-state index in [1.165, 1.54) is 0 Å². The average molecular weight is 365 g/mol. The van der Waals surface area contributed by atoms with Crippen molar-refractivity contribution in [3.8, 4) is 0 Å². The third-order valence-electron chi connectivity index (χ3n) is 4.17. The van der Waals surface area contributed by atoms with Crippen LogP contribution < -0.4 is 11.1 Å². The first kappa shape index (κ1) is 17.3. The fraction of sp³-hybridized carbons (Fsp3) is 0.412. The van der Waals surface area contributed by atoms with Crippen LogP contribution in [0.25, 0.3) is 0 Å². The molecule has 1 saturated carbocycles. The van der Waals surface area contributed by atoms with Crippen molar-refractivity contribution >= 4 is 35.1 Å². The van der Waals surface area contributed by atoms with Crippen LogP contribution in [0.1, 0.15) is 31.2 Å². The number of rotatable bonds is 4. The van der Waals surface area contributed by atoms with Gasteiger partial charge < -0.3 is 16.2 Å². The molecule has 4 N–H and O–H groups in total. The van der Waals surface area contributed by atoms with Crippen LogP contribution >= 0.6 is 23.4 Å². The van der Waals surface area contributed by atoms with Gasteiger partial charge in [0.15, 0.2) is 0 Å². The predicted octanol–water partition coefficient (Wildman–Crippen LogP) is 3.89. The molecule has 3 rings (SSSR count). The molecule has 7 heteroatoms. The summed E-state index contributed by atoms with van der Waals surface area (Å²) in [4.78, 5) is 10.5. The number of anilines is 2. The molecule has 2 aromatic rings. The first-order valence-electron chi connectivity index (χ1n) is 8.02. The molecule has 128 valence electrons. The van der Waals surface area contributed by atoms with Gasteiger partial charge in [-0.25, -0.2) is 4.98 Å². The van der Waals surface area contributed by atoms with Crippen LogP contribution in [0.15, 0.2) is 34.2 Å². The van der Waals surface area contributed by atoms with Crippen LogP contribution in [0.4, 0.5) is 11.8 Å².